The fourth-order valence-corrected chi connectivity index (χ4v) is 1.77. The molecule has 1 atom stereocenters. The highest BCUT2D eigenvalue weighted by molar-refractivity contribution is 5.92. The van der Waals surface area contributed by atoms with Gasteiger partial charge in [-0.1, -0.05) is 25.1 Å². The molecule has 2 aromatic carbocycles. The van der Waals surface area contributed by atoms with Gasteiger partial charge in [-0.2, -0.15) is 0 Å². The molecule has 0 spiro atoms. The van der Waals surface area contributed by atoms with Crippen LogP contribution in [0.3, 0.4) is 0 Å². The van der Waals surface area contributed by atoms with Gasteiger partial charge in [0.15, 0.2) is 0 Å². The second kappa shape index (κ2) is 7.16. The molecule has 1 amide bonds. The highest BCUT2D eigenvalue weighted by atomic mass is 16.5. The minimum Gasteiger partial charge on any atom is -0.457 e. The second-order valence-corrected chi connectivity index (χ2v) is 4.74. The standard InChI is InChI=1S/C18H17NO2/c1-3-7-14(2)18(20)19-15-10-12-17(13-11-15)21-16-8-5-4-6-9-16/h1,4-6,8-14H,7H2,2H3,(H,19,20). The number of nitrogens with one attached hydrogen (secondary N) is 1. The molecule has 0 saturated heterocycles. The summed E-state index contributed by atoms with van der Waals surface area (Å²) in [5.41, 5.74) is 0.726. The normalized spacial score (nSPS) is 11.2. The Bertz CT molecular complexity index is 627. The van der Waals surface area contributed by atoms with Crippen molar-refractivity contribution in [3.8, 4) is 23.8 Å². The van der Waals surface area contributed by atoms with E-state index >= 15 is 0 Å². The van der Waals surface area contributed by atoms with Crippen LogP contribution in [-0.2, 0) is 4.79 Å². The van der Waals surface area contributed by atoms with Crippen LogP contribution >= 0.6 is 0 Å². The third kappa shape index (κ3) is 4.39. The first-order valence-corrected chi connectivity index (χ1v) is 6.76. The van der Waals surface area contributed by atoms with Gasteiger partial charge in [0.05, 0.1) is 0 Å². The van der Waals surface area contributed by atoms with Crippen molar-refractivity contribution in [2.45, 2.75) is 13.3 Å². The summed E-state index contributed by atoms with van der Waals surface area (Å²) in [6.45, 7) is 1.81. The molecule has 21 heavy (non-hydrogen) atoms. The monoisotopic (exact) mass is 279 g/mol. The zero-order valence-corrected chi connectivity index (χ0v) is 11.9. The zero-order valence-electron chi connectivity index (χ0n) is 11.9. The molecule has 1 unspecified atom stereocenters. The van der Waals surface area contributed by atoms with Crippen LogP contribution in [-0.4, -0.2) is 5.91 Å². The first kappa shape index (κ1) is 14.7. The maximum absolute atomic E-state index is 11.8. The van der Waals surface area contributed by atoms with Gasteiger partial charge in [-0.3, -0.25) is 4.79 Å². The molecule has 0 radical (unpaired) electrons. The molecular weight excluding hydrogens is 262 g/mol. The Morgan fingerprint density at radius 3 is 2.38 bits per heavy atom. The first-order chi connectivity index (χ1) is 10.2. The van der Waals surface area contributed by atoms with Gasteiger partial charge in [-0.15, -0.1) is 12.3 Å². The summed E-state index contributed by atoms with van der Waals surface area (Å²) in [4.78, 5) is 11.8. The number of anilines is 1. The van der Waals surface area contributed by atoms with E-state index in [1.807, 2.05) is 49.4 Å². The summed E-state index contributed by atoms with van der Waals surface area (Å²) in [5, 5.41) is 2.83. The van der Waals surface area contributed by atoms with Crippen LogP contribution in [0.5, 0.6) is 11.5 Å². The van der Waals surface area contributed by atoms with Gasteiger partial charge in [0.25, 0.3) is 0 Å². The number of carbonyl (C=O) groups is 1. The fourth-order valence-electron chi connectivity index (χ4n) is 1.77. The van der Waals surface area contributed by atoms with Crippen molar-refractivity contribution in [1.82, 2.24) is 0 Å². The van der Waals surface area contributed by atoms with Crippen molar-refractivity contribution in [1.29, 1.82) is 0 Å². The van der Waals surface area contributed by atoms with E-state index in [9.17, 15) is 4.79 Å². The van der Waals surface area contributed by atoms with Gasteiger partial charge in [0.2, 0.25) is 5.91 Å². The molecule has 1 N–H and O–H groups in total. The van der Waals surface area contributed by atoms with Crippen LogP contribution < -0.4 is 10.1 Å². The minimum atomic E-state index is -0.199. The number of rotatable bonds is 5. The average molecular weight is 279 g/mol. The molecule has 3 nitrogen and oxygen atoms in total. The minimum absolute atomic E-state index is 0.0790. The molecule has 2 aromatic rings. The molecular formula is C18H17NO2. The number of hydrogen-bond donors (Lipinski definition) is 1. The summed E-state index contributed by atoms with van der Waals surface area (Å²) in [7, 11) is 0. The summed E-state index contributed by atoms with van der Waals surface area (Å²) in [6, 6.07) is 16.8. The van der Waals surface area contributed by atoms with E-state index in [0.29, 0.717) is 6.42 Å². The predicted molar refractivity (Wildman–Crippen MR) is 84.2 cm³/mol. The van der Waals surface area contributed by atoms with E-state index in [-0.39, 0.29) is 11.8 Å². The highest BCUT2D eigenvalue weighted by Gasteiger charge is 2.11. The zero-order chi connectivity index (χ0) is 15.1. The molecule has 0 aliphatic rings. The first-order valence-electron chi connectivity index (χ1n) is 6.76. The van der Waals surface area contributed by atoms with Crippen molar-refractivity contribution in [2.24, 2.45) is 5.92 Å². The summed E-state index contributed by atoms with van der Waals surface area (Å²) >= 11 is 0. The molecule has 0 bridgehead atoms. The Hall–Kier alpha value is -2.73. The second-order valence-electron chi connectivity index (χ2n) is 4.74. The third-order valence-corrected chi connectivity index (χ3v) is 2.97. The van der Waals surface area contributed by atoms with Crippen LogP contribution in [0.4, 0.5) is 5.69 Å². The average Bonchev–Trinajstić information content (AvgIpc) is 2.50. The molecule has 0 aliphatic carbocycles. The number of benzene rings is 2. The SMILES string of the molecule is C#CCC(C)C(=O)Nc1ccc(Oc2ccccc2)cc1. The van der Waals surface area contributed by atoms with Crippen molar-refractivity contribution < 1.29 is 9.53 Å². The maximum Gasteiger partial charge on any atom is 0.228 e. The Kier molecular flexibility index (Phi) is 5.00. The smallest absolute Gasteiger partial charge is 0.228 e. The van der Waals surface area contributed by atoms with Crippen molar-refractivity contribution in [2.75, 3.05) is 5.32 Å². The molecule has 106 valence electrons. The van der Waals surface area contributed by atoms with E-state index < -0.39 is 0 Å². The van der Waals surface area contributed by atoms with Crippen LogP contribution in [0.25, 0.3) is 0 Å². The Balaban J connectivity index is 1.96. The largest absolute Gasteiger partial charge is 0.457 e. The van der Waals surface area contributed by atoms with Crippen LogP contribution in [0, 0.1) is 18.3 Å². The van der Waals surface area contributed by atoms with Crippen LogP contribution in [0.1, 0.15) is 13.3 Å². The van der Waals surface area contributed by atoms with Crippen molar-refractivity contribution in [3.05, 3.63) is 54.6 Å². The predicted octanol–water partition coefficient (Wildman–Crippen LogP) is 4.08. The van der Waals surface area contributed by atoms with Gasteiger partial charge in [-0.25, -0.2) is 0 Å². The van der Waals surface area contributed by atoms with Gasteiger partial charge >= 0.3 is 0 Å². The van der Waals surface area contributed by atoms with Gasteiger partial charge in [0, 0.05) is 18.0 Å². The Morgan fingerprint density at radius 1 is 1.14 bits per heavy atom. The van der Waals surface area contributed by atoms with Gasteiger partial charge in [0.1, 0.15) is 11.5 Å². The lowest BCUT2D eigenvalue weighted by molar-refractivity contribution is -0.119. The number of hydrogen-bond acceptors (Lipinski definition) is 2. The van der Waals surface area contributed by atoms with Crippen molar-refractivity contribution >= 4 is 11.6 Å². The van der Waals surface area contributed by atoms with E-state index in [1.165, 1.54) is 0 Å². The number of para-hydroxylation sites is 1. The molecule has 0 fully saturated rings. The molecule has 0 aromatic heterocycles. The van der Waals surface area contributed by atoms with Crippen molar-refractivity contribution in [3.63, 3.8) is 0 Å². The number of terminal acetylenes is 1. The molecule has 2 rings (SSSR count). The molecule has 0 saturated carbocycles. The number of amides is 1. The number of ether oxygens (including phenoxy) is 1. The highest BCUT2D eigenvalue weighted by Crippen LogP contribution is 2.22. The Labute approximate surface area is 125 Å². The fraction of sp³-hybridized carbons (Fsp3) is 0.167. The summed E-state index contributed by atoms with van der Waals surface area (Å²) in [6.07, 6.45) is 5.64. The summed E-state index contributed by atoms with van der Waals surface area (Å²) in [5.74, 6) is 3.71. The topological polar surface area (TPSA) is 38.3 Å². The maximum atomic E-state index is 11.8. The Morgan fingerprint density at radius 2 is 1.76 bits per heavy atom. The molecule has 3 heteroatoms. The number of carbonyl (C=O) groups excluding carboxylic acids is 1. The lowest BCUT2D eigenvalue weighted by Crippen LogP contribution is -2.19. The van der Waals surface area contributed by atoms with E-state index in [2.05, 4.69) is 11.2 Å². The van der Waals surface area contributed by atoms with Gasteiger partial charge in [-0.05, 0) is 36.4 Å². The van der Waals surface area contributed by atoms with E-state index in [4.69, 9.17) is 11.2 Å². The lowest BCUT2D eigenvalue weighted by Gasteiger charge is -2.10. The van der Waals surface area contributed by atoms with E-state index in [1.54, 1.807) is 12.1 Å². The van der Waals surface area contributed by atoms with Gasteiger partial charge < -0.3 is 10.1 Å². The quantitative estimate of drug-likeness (QED) is 0.838. The summed E-state index contributed by atoms with van der Waals surface area (Å²) < 4.78 is 5.69. The van der Waals surface area contributed by atoms with Crippen LogP contribution in [0.15, 0.2) is 54.6 Å². The lowest BCUT2D eigenvalue weighted by atomic mass is 10.1. The third-order valence-electron chi connectivity index (χ3n) is 2.97. The molecule has 0 aliphatic heterocycles. The molecule has 0 heterocycles. The van der Waals surface area contributed by atoms with E-state index in [0.717, 1.165) is 17.2 Å². The van der Waals surface area contributed by atoms with Crippen LogP contribution in [0.2, 0.25) is 0 Å².